The van der Waals surface area contributed by atoms with Crippen LogP contribution >= 0.6 is 0 Å². The van der Waals surface area contributed by atoms with Crippen LogP contribution < -0.4 is 10.5 Å². The Morgan fingerprint density at radius 1 is 1.56 bits per heavy atom. The molecule has 1 rings (SSSR count). The molecule has 0 spiro atoms. The van der Waals surface area contributed by atoms with Crippen molar-refractivity contribution >= 4 is 11.7 Å². The molecule has 0 aliphatic rings. The number of hydrogen-bond donors (Lipinski definition) is 1. The Labute approximate surface area is 95.2 Å². The molecule has 0 aliphatic heterocycles. The molecule has 1 amide bonds. The van der Waals surface area contributed by atoms with Gasteiger partial charge in [-0.2, -0.15) is 0 Å². The minimum absolute atomic E-state index is 0.0146. The second kappa shape index (κ2) is 5.34. The van der Waals surface area contributed by atoms with E-state index in [1.54, 1.807) is 24.1 Å². The third-order valence-corrected chi connectivity index (χ3v) is 2.28. The van der Waals surface area contributed by atoms with Crippen molar-refractivity contribution in [3.05, 3.63) is 17.8 Å². The predicted octanol–water partition coefficient (Wildman–Crippen LogP) is 0.829. The zero-order chi connectivity index (χ0) is 12.1. The van der Waals surface area contributed by atoms with Crippen molar-refractivity contribution in [2.75, 3.05) is 25.9 Å². The number of carbonyl (C=O) groups is 1. The van der Waals surface area contributed by atoms with Gasteiger partial charge in [-0.1, -0.05) is 0 Å². The average Bonchev–Trinajstić information content (AvgIpc) is 2.26. The molecule has 5 nitrogen and oxygen atoms in total. The summed E-state index contributed by atoms with van der Waals surface area (Å²) in [6, 6.07) is 3.51. The van der Waals surface area contributed by atoms with Crippen LogP contribution in [-0.2, 0) is 4.79 Å². The maximum Gasteiger partial charge on any atom is 0.260 e. The van der Waals surface area contributed by atoms with Crippen molar-refractivity contribution in [2.45, 2.75) is 13.8 Å². The van der Waals surface area contributed by atoms with Crippen molar-refractivity contribution in [3.63, 3.8) is 0 Å². The number of nitrogens with zero attached hydrogens (tertiary/aromatic N) is 2. The molecule has 16 heavy (non-hydrogen) atoms. The number of likely N-dealkylation sites (N-methyl/N-ethyl adjacent to an activating group) is 1. The number of rotatable bonds is 4. The Morgan fingerprint density at radius 2 is 2.25 bits per heavy atom. The summed E-state index contributed by atoms with van der Waals surface area (Å²) < 4.78 is 5.30. The van der Waals surface area contributed by atoms with E-state index in [4.69, 9.17) is 10.5 Å². The quantitative estimate of drug-likeness (QED) is 0.820. The number of aromatic nitrogens is 1. The SMILES string of the molecule is CCN(C)C(=O)COc1ccc(C)nc1N. The van der Waals surface area contributed by atoms with Crippen LogP contribution in [0.3, 0.4) is 0 Å². The highest BCUT2D eigenvalue weighted by atomic mass is 16.5. The summed E-state index contributed by atoms with van der Waals surface area (Å²) in [6.45, 7) is 4.39. The Kier molecular flexibility index (Phi) is 4.10. The maximum absolute atomic E-state index is 11.5. The average molecular weight is 223 g/mol. The summed E-state index contributed by atoms with van der Waals surface area (Å²) in [5.41, 5.74) is 6.48. The molecule has 0 saturated heterocycles. The van der Waals surface area contributed by atoms with Gasteiger partial charge >= 0.3 is 0 Å². The van der Waals surface area contributed by atoms with E-state index in [1.807, 2.05) is 13.8 Å². The number of ether oxygens (including phenoxy) is 1. The molecule has 0 aromatic carbocycles. The van der Waals surface area contributed by atoms with E-state index in [0.29, 0.717) is 18.1 Å². The Hall–Kier alpha value is -1.78. The molecule has 88 valence electrons. The first kappa shape index (κ1) is 12.3. The Bertz CT molecular complexity index is 379. The van der Waals surface area contributed by atoms with Crippen molar-refractivity contribution in [2.24, 2.45) is 0 Å². The lowest BCUT2D eigenvalue weighted by Crippen LogP contribution is -2.31. The fourth-order valence-corrected chi connectivity index (χ4v) is 1.11. The highest BCUT2D eigenvalue weighted by Gasteiger charge is 2.09. The Morgan fingerprint density at radius 3 is 2.81 bits per heavy atom. The molecule has 0 atom stereocenters. The van der Waals surface area contributed by atoms with Gasteiger partial charge in [-0.05, 0) is 26.0 Å². The van der Waals surface area contributed by atoms with Gasteiger partial charge in [0.25, 0.3) is 5.91 Å². The van der Waals surface area contributed by atoms with Crippen molar-refractivity contribution in [1.29, 1.82) is 0 Å². The highest BCUT2D eigenvalue weighted by Crippen LogP contribution is 2.18. The minimum atomic E-state index is -0.0810. The molecule has 5 heteroatoms. The van der Waals surface area contributed by atoms with Gasteiger partial charge in [0.2, 0.25) is 0 Å². The van der Waals surface area contributed by atoms with Gasteiger partial charge in [0.05, 0.1) is 0 Å². The molecule has 2 N–H and O–H groups in total. The normalized spacial score (nSPS) is 9.94. The zero-order valence-corrected chi connectivity index (χ0v) is 9.86. The van der Waals surface area contributed by atoms with Crippen LogP contribution in [0.2, 0.25) is 0 Å². The van der Waals surface area contributed by atoms with Gasteiger partial charge in [-0.3, -0.25) is 4.79 Å². The van der Waals surface area contributed by atoms with Gasteiger partial charge in [0, 0.05) is 19.3 Å². The molecule has 0 fully saturated rings. The summed E-state index contributed by atoms with van der Waals surface area (Å²) in [7, 11) is 1.72. The number of amides is 1. The number of nitrogen functional groups attached to an aromatic ring is 1. The summed E-state index contributed by atoms with van der Waals surface area (Å²) in [6.07, 6.45) is 0. The van der Waals surface area contributed by atoms with Crippen LogP contribution in [-0.4, -0.2) is 36.0 Å². The topological polar surface area (TPSA) is 68.5 Å². The van der Waals surface area contributed by atoms with Crippen LogP contribution in [0.1, 0.15) is 12.6 Å². The molecular weight excluding hydrogens is 206 g/mol. The van der Waals surface area contributed by atoms with Crippen LogP contribution in [0.4, 0.5) is 5.82 Å². The number of hydrogen-bond acceptors (Lipinski definition) is 4. The van der Waals surface area contributed by atoms with Crippen molar-refractivity contribution in [1.82, 2.24) is 9.88 Å². The number of aryl methyl sites for hydroxylation is 1. The lowest BCUT2D eigenvalue weighted by Gasteiger charge is -2.15. The summed E-state index contributed by atoms with van der Waals surface area (Å²) in [5.74, 6) is 0.679. The highest BCUT2D eigenvalue weighted by molar-refractivity contribution is 5.77. The van der Waals surface area contributed by atoms with Crippen LogP contribution in [0.25, 0.3) is 0 Å². The largest absolute Gasteiger partial charge is 0.480 e. The summed E-state index contributed by atoms with van der Waals surface area (Å²) >= 11 is 0. The van der Waals surface area contributed by atoms with E-state index >= 15 is 0 Å². The number of nitrogens with two attached hydrogens (primary N) is 1. The van der Waals surface area contributed by atoms with Crippen LogP contribution in [0.5, 0.6) is 5.75 Å². The number of pyridine rings is 1. The third-order valence-electron chi connectivity index (χ3n) is 2.28. The first-order valence-corrected chi connectivity index (χ1v) is 5.14. The molecule has 1 aromatic heterocycles. The fourth-order valence-electron chi connectivity index (χ4n) is 1.11. The smallest absolute Gasteiger partial charge is 0.260 e. The standard InChI is InChI=1S/C11H17N3O2/c1-4-14(3)10(15)7-16-9-6-5-8(2)13-11(9)12/h5-6H,4,7H2,1-3H3,(H2,12,13). The zero-order valence-electron chi connectivity index (χ0n) is 9.86. The van der Waals surface area contributed by atoms with Crippen LogP contribution in [0.15, 0.2) is 12.1 Å². The number of anilines is 1. The lowest BCUT2D eigenvalue weighted by atomic mass is 10.3. The molecule has 0 aliphatic carbocycles. The third kappa shape index (κ3) is 3.12. The number of carbonyl (C=O) groups excluding carboxylic acids is 1. The minimum Gasteiger partial charge on any atom is -0.480 e. The van der Waals surface area contributed by atoms with Crippen LogP contribution in [0, 0.1) is 6.92 Å². The van der Waals surface area contributed by atoms with E-state index in [1.165, 1.54) is 0 Å². The van der Waals surface area contributed by atoms with E-state index in [2.05, 4.69) is 4.98 Å². The fraction of sp³-hybridized carbons (Fsp3) is 0.455. The Balaban J connectivity index is 2.58. The first-order valence-electron chi connectivity index (χ1n) is 5.14. The summed E-state index contributed by atoms with van der Waals surface area (Å²) in [4.78, 5) is 17.1. The van der Waals surface area contributed by atoms with E-state index in [9.17, 15) is 4.79 Å². The van der Waals surface area contributed by atoms with Gasteiger partial charge in [-0.15, -0.1) is 0 Å². The molecule has 0 saturated carbocycles. The second-order valence-corrected chi connectivity index (χ2v) is 3.53. The first-order chi connectivity index (χ1) is 7.54. The molecule has 0 bridgehead atoms. The predicted molar refractivity (Wildman–Crippen MR) is 62.2 cm³/mol. The molecule has 0 radical (unpaired) electrons. The second-order valence-electron chi connectivity index (χ2n) is 3.53. The maximum atomic E-state index is 11.5. The molecule has 1 heterocycles. The van der Waals surface area contributed by atoms with E-state index in [-0.39, 0.29) is 12.5 Å². The van der Waals surface area contributed by atoms with Gasteiger partial charge in [-0.25, -0.2) is 4.98 Å². The van der Waals surface area contributed by atoms with E-state index < -0.39 is 0 Å². The van der Waals surface area contributed by atoms with Crippen molar-refractivity contribution in [3.8, 4) is 5.75 Å². The van der Waals surface area contributed by atoms with Gasteiger partial charge in [0.1, 0.15) is 0 Å². The van der Waals surface area contributed by atoms with Gasteiger partial charge in [0.15, 0.2) is 18.2 Å². The molecule has 0 unspecified atom stereocenters. The molecule has 1 aromatic rings. The summed E-state index contributed by atoms with van der Waals surface area (Å²) in [5, 5.41) is 0. The monoisotopic (exact) mass is 223 g/mol. The molecular formula is C11H17N3O2. The lowest BCUT2D eigenvalue weighted by molar-refractivity contribution is -0.131. The van der Waals surface area contributed by atoms with Gasteiger partial charge < -0.3 is 15.4 Å². The van der Waals surface area contributed by atoms with Crippen molar-refractivity contribution < 1.29 is 9.53 Å². The van der Waals surface area contributed by atoms with E-state index in [0.717, 1.165) is 5.69 Å².